The SMILES string of the molecule is CN(C)c1ccc(C(=O)N2CC[C@H](n3cc(-c4nc(C5CC5)no4)nn3)C2)cc1. The molecule has 0 unspecified atom stereocenters. The van der Waals surface area contributed by atoms with Gasteiger partial charge < -0.3 is 14.3 Å². The van der Waals surface area contributed by atoms with Crippen molar-refractivity contribution in [2.24, 2.45) is 0 Å². The fourth-order valence-corrected chi connectivity index (χ4v) is 3.63. The van der Waals surface area contributed by atoms with Gasteiger partial charge in [-0.2, -0.15) is 4.98 Å². The smallest absolute Gasteiger partial charge is 0.280 e. The Morgan fingerprint density at radius 3 is 2.69 bits per heavy atom. The molecule has 3 aromatic rings. The van der Waals surface area contributed by atoms with Crippen LogP contribution < -0.4 is 4.90 Å². The van der Waals surface area contributed by atoms with Crippen molar-refractivity contribution in [1.29, 1.82) is 0 Å². The molecule has 29 heavy (non-hydrogen) atoms. The molecule has 2 aliphatic rings. The van der Waals surface area contributed by atoms with E-state index in [-0.39, 0.29) is 11.9 Å². The van der Waals surface area contributed by atoms with Crippen LogP contribution in [0, 0.1) is 0 Å². The molecular weight excluding hydrogens is 370 g/mol. The molecule has 9 nitrogen and oxygen atoms in total. The molecule has 150 valence electrons. The average molecular weight is 393 g/mol. The van der Waals surface area contributed by atoms with Crippen molar-refractivity contribution in [3.63, 3.8) is 0 Å². The van der Waals surface area contributed by atoms with E-state index in [4.69, 9.17) is 4.52 Å². The standard InChI is InChI=1S/C20H23N7O2/c1-25(2)15-7-5-14(6-8-15)20(28)26-10-9-16(11-26)27-12-17(22-24-27)19-21-18(23-29-19)13-3-4-13/h5-8,12-13,16H,3-4,9-11H2,1-2H3/t16-/m0/s1. The summed E-state index contributed by atoms with van der Waals surface area (Å²) in [4.78, 5) is 21.1. The Morgan fingerprint density at radius 2 is 1.97 bits per heavy atom. The Hall–Kier alpha value is -3.23. The second kappa shape index (κ2) is 6.98. The number of anilines is 1. The molecule has 1 saturated carbocycles. The van der Waals surface area contributed by atoms with Crippen LogP contribution in [0.3, 0.4) is 0 Å². The van der Waals surface area contributed by atoms with Gasteiger partial charge in [0.2, 0.25) is 0 Å². The molecule has 5 rings (SSSR count). The molecule has 9 heteroatoms. The summed E-state index contributed by atoms with van der Waals surface area (Å²) in [7, 11) is 3.96. The summed E-state index contributed by atoms with van der Waals surface area (Å²) >= 11 is 0. The topological polar surface area (TPSA) is 93.2 Å². The first-order chi connectivity index (χ1) is 14.1. The second-order valence-electron chi connectivity index (χ2n) is 7.95. The van der Waals surface area contributed by atoms with Crippen LogP contribution in [0.4, 0.5) is 5.69 Å². The summed E-state index contributed by atoms with van der Waals surface area (Å²) in [5, 5.41) is 12.5. The van der Waals surface area contributed by atoms with E-state index in [1.807, 2.05) is 54.4 Å². The van der Waals surface area contributed by atoms with Crippen LogP contribution in [-0.4, -0.2) is 63.1 Å². The molecule has 3 heterocycles. The summed E-state index contributed by atoms with van der Waals surface area (Å²) in [6.45, 7) is 1.30. The van der Waals surface area contributed by atoms with Gasteiger partial charge in [-0.25, -0.2) is 4.68 Å². The number of likely N-dealkylation sites (tertiary alicyclic amines) is 1. The average Bonchev–Trinajstić information content (AvgIpc) is 3.16. The first kappa shape index (κ1) is 17.8. The van der Waals surface area contributed by atoms with Gasteiger partial charge in [-0.05, 0) is 43.5 Å². The highest BCUT2D eigenvalue weighted by atomic mass is 16.5. The van der Waals surface area contributed by atoms with Crippen molar-refractivity contribution in [1.82, 2.24) is 30.0 Å². The van der Waals surface area contributed by atoms with Crippen LogP contribution in [0.25, 0.3) is 11.6 Å². The fraction of sp³-hybridized carbons (Fsp3) is 0.450. The fourth-order valence-electron chi connectivity index (χ4n) is 3.63. The summed E-state index contributed by atoms with van der Waals surface area (Å²) in [5.74, 6) is 1.64. The lowest BCUT2D eigenvalue weighted by Gasteiger charge is -2.17. The van der Waals surface area contributed by atoms with E-state index in [2.05, 4.69) is 20.5 Å². The van der Waals surface area contributed by atoms with Gasteiger partial charge in [-0.1, -0.05) is 10.4 Å². The van der Waals surface area contributed by atoms with Gasteiger partial charge in [0.05, 0.1) is 12.2 Å². The summed E-state index contributed by atoms with van der Waals surface area (Å²) in [6.07, 6.45) is 4.90. The van der Waals surface area contributed by atoms with E-state index in [9.17, 15) is 4.79 Å². The van der Waals surface area contributed by atoms with Crippen molar-refractivity contribution in [2.45, 2.75) is 31.2 Å². The van der Waals surface area contributed by atoms with Gasteiger partial charge in [0.25, 0.3) is 11.8 Å². The van der Waals surface area contributed by atoms with Crippen molar-refractivity contribution < 1.29 is 9.32 Å². The van der Waals surface area contributed by atoms with Crippen LogP contribution in [0.5, 0.6) is 0 Å². The van der Waals surface area contributed by atoms with Crippen molar-refractivity contribution in [2.75, 3.05) is 32.1 Å². The lowest BCUT2D eigenvalue weighted by Crippen LogP contribution is -2.29. The van der Waals surface area contributed by atoms with Gasteiger partial charge in [-0.15, -0.1) is 5.10 Å². The van der Waals surface area contributed by atoms with E-state index in [0.717, 1.165) is 30.8 Å². The molecule has 2 fully saturated rings. The number of hydrogen-bond donors (Lipinski definition) is 0. The maximum Gasteiger partial charge on any atom is 0.280 e. The zero-order valence-electron chi connectivity index (χ0n) is 16.5. The number of amides is 1. The highest BCUT2D eigenvalue weighted by molar-refractivity contribution is 5.94. The number of benzene rings is 1. The highest BCUT2D eigenvalue weighted by Gasteiger charge is 2.31. The van der Waals surface area contributed by atoms with E-state index in [0.29, 0.717) is 36.2 Å². The van der Waals surface area contributed by atoms with Crippen LogP contribution in [0.15, 0.2) is 35.0 Å². The van der Waals surface area contributed by atoms with E-state index >= 15 is 0 Å². The molecule has 1 atom stereocenters. The largest absolute Gasteiger partial charge is 0.378 e. The molecule has 1 amide bonds. The molecule has 0 N–H and O–H groups in total. The number of nitrogens with zero attached hydrogens (tertiary/aromatic N) is 7. The van der Waals surface area contributed by atoms with Gasteiger partial charge in [-0.3, -0.25) is 4.79 Å². The third-order valence-corrected chi connectivity index (χ3v) is 5.57. The number of carbonyl (C=O) groups excluding carboxylic acids is 1. The molecular formula is C20H23N7O2. The monoisotopic (exact) mass is 393 g/mol. The maximum absolute atomic E-state index is 12.8. The molecule has 1 saturated heterocycles. The molecule has 1 aliphatic heterocycles. The third-order valence-electron chi connectivity index (χ3n) is 5.57. The lowest BCUT2D eigenvalue weighted by molar-refractivity contribution is 0.0787. The number of aromatic nitrogens is 5. The van der Waals surface area contributed by atoms with Crippen LogP contribution in [-0.2, 0) is 0 Å². The Morgan fingerprint density at radius 1 is 1.17 bits per heavy atom. The van der Waals surface area contributed by atoms with Crippen LogP contribution in [0.1, 0.15) is 47.4 Å². The van der Waals surface area contributed by atoms with E-state index in [1.54, 1.807) is 4.68 Å². The predicted octanol–water partition coefficient (Wildman–Crippen LogP) is 2.36. The molecule has 2 aromatic heterocycles. The molecule has 1 aromatic carbocycles. The van der Waals surface area contributed by atoms with Crippen LogP contribution >= 0.6 is 0 Å². The Bertz CT molecular complexity index is 1020. The zero-order valence-corrected chi connectivity index (χ0v) is 16.5. The van der Waals surface area contributed by atoms with Gasteiger partial charge in [0.1, 0.15) is 0 Å². The number of carbonyl (C=O) groups is 1. The van der Waals surface area contributed by atoms with E-state index in [1.165, 1.54) is 0 Å². The Balaban J connectivity index is 1.25. The van der Waals surface area contributed by atoms with Crippen molar-refractivity contribution in [3.8, 4) is 11.6 Å². The van der Waals surface area contributed by atoms with Gasteiger partial charge in [0.15, 0.2) is 11.5 Å². The first-order valence-corrected chi connectivity index (χ1v) is 9.91. The van der Waals surface area contributed by atoms with Gasteiger partial charge in [0, 0.05) is 44.4 Å². The Labute approximate surface area is 168 Å². The van der Waals surface area contributed by atoms with Gasteiger partial charge >= 0.3 is 0 Å². The molecule has 0 bridgehead atoms. The second-order valence-corrected chi connectivity index (χ2v) is 7.95. The number of hydrogen-bond acceptors (Lipinski definition) is 7. The van der Waals surface area contributed by atoms with Crippen LogP contribution in [0.2, 0.25) is 0 Å². The minimum Gasteiger partial charge on any atom is -0.378 e. The quantitative estimate of drug-likeness (QED) is 0.657. The number of rotatable bonds is 5. The lowest BCUT2D eigenvalue weighted by atomic mass is 10.2. The summed E-state index contributed by atoms with van der Waals surface area (Å²) in [6, 6.07) is 7.78. The summed E-state index contributed by atoms with van der Waals surface area (Å²) < 4.78 is 7.13. The minimum atomic E-state index is 0.0455. The van der Waals surface area contributed by atoms with E-state index < -0.39 is 0 Å². The maximum atomic E-state index is 12.8. The normalized spacial score (nSPS) is 19.0. The third kappa shape index (κ3) is 3.48. The zero-order chi connectivity index (χ0) is 20.0. The highest BCUT2D eigenvalue weighted by Crippen LogP contribution is 2.38. The molecule has 1 aliphatic carbocycles. The summed E-state index contributed by atoms with van der Waals surface area (Å²) in [5.41, 5.74) is 2.35. The predicted molar refractivity (Wildman–Crippen MR) is 106 cm³/mol. The molecule has 0 radical (unpaired) electrons. The first-order valence-electron chi connectivity index (χ1n) is 9.91. The molecule has 0 spiro atoms. The Kier molecular flexibility index (Phi) is 4.30. The van der Waals surface area contributed by atoms with Crippen molar-refractivity contribution in [3.05, 3.63) is 41.9 Å². The van der Waals surface area contributed by atoms with Crippen molar-refractivity contribution >= 4 is 11.6 Å². The minimum absolute atomic E-state index is 0.0455.